The minimum atomic E-state index is -0.374. The van der Waals surface area contributed by atoms with Crippen LogP contribution in [0, 0.1) is 17.3 Å². The Hall–Kier alpha value is -0.120. The van der Waals surface area contributed by atoms with Crippen molar-refractivity contribution in [1.82, 2.24) is 5.32 Å². The van der Waals surface area contributed by atoms with Crippen LogP contribution in [0.3, 0.4) is 0 Å². The van der Waals surface area contributed by atoms with E-state index in [1.54, 1.807) is 0 Å². The van der Waals surface area contributed by atoms with Crippen LogP contribution in [0.4, 0.5) is 0 Å². The standard InChI is InChI=1S/C14H29NO2/c1-11(14(2,3)4)7-15-8-13(16)10-17-9-12-5-6-12/h11-13,15-16H,5-10H2,1-4H3. The summed E-state index contributed by atoms with van der Waals surface area (Å²) in [4.78, 5) is 0. The molecule has 0 radical (unpaired) electrons. The van der Waals surface area contributed by atoms with Crippen LogP contribution in [-0.4, -0.2) is 37.5 Å². The molecule has 2 unspecified atom stereocenters. The summed E-state index contributed by atoms with van der Waals surface area (Å²) in [6.07, 6.45) is 2.23. The Labute approximate surface area is 106 Å². The molecule has 1 saturated carbocycles. The van der Waals surface area contributed by atoms with Gasteiger partial charge >= 0.3 is 0 Å². The van der Waals surface area contributed by atoms with Crippen molar-refractivity contribution in [3.8, 4) is 0 Å². The van der Waals surface area contributed by atoms with E-state index in [1.165, 1.54) is 12.8 Å². The molecule has 0 bridgehead atoms. The van der Waals surface area contributed by atoms with Gasteiger partial charge in [-0.1, -0.05) is 27.7 Å². The Bertz CT molecular complexity index is 209. The lowest BCUT2D eigenvalue weighted by atomic mass is 9.82. The van der Waals surface area contributed by atoms with Crippen molar-refractivity contribution in [3.63, 3.8) is 0 Å². The molecular weight excluding hydrogens is 214 g/mol. The molecule has 1 fully saturated rings. The van der Waals surface area contributed by atoms with Crippen LogP contribution in [0.1, 0.15) is 40.5 Å². The van der Waals surface area contributed by atoms with E-state index in [0.717, 1.165) is 19.1 Å². The average molecular weight is 243 g/mol. The zero-order valence-electron chi connectivity index (χ0n) is 11.8. The van der Waals surface area contributed by atoms with Crippen LogP contribution in [0.5, 0.6) is 0 Å². The lowest BCUT2D eigenvalue weighted by Gasteiger charge is -2.27. The summed E-state index contributed by atoms with van der Waals surface area (Å²) in [5.41, 5.74) is 0.320. The maximum absolute atomic E-state index is 9.71. The Balaban J connectivity index is 1.96. The van der Waals surface area contributed by atoms with Crippen molar-refractivity contribution >= 4 is 0 Å². The topological polar surface area (TPSA) is 41.5 Å². The normalized spacial score (nSPS) is 20.3. The van der Waals surface area contributed by atoms with E-state index in [4.69, 9.17) is 4.74 Å². The summed E-state index contributed by atoms with van der Waals surface area (Å²) < 4.78 is 5.45. The molecule has 0 heterocycles. The highest BCUT2D eigenvalue weighted by Gasteiger charge is 2.22. The molecule has 0 aromatic carbocycles. The maximum atomic E-state index is 9.71. The van der Waals surface area contributed by atoms with Crippen LogP contribution in [0.2, 0.25) is 0 Å². The van der Waals surface area contributed by atoms with Gasteiger partial charge in [-0.3, -0.25) is 0 Å². The average Bonchev–Trinajstić information content (AvgIpc) is 3.00. The van der Waals surface area contributed by atoms with E-state index in [-0.39, 0.29) is 6.10 Å². The summed E-state index contributed by atoms with van der Waals surface area (Å²) in [7, 11) is 0. The molecule has 2 atom stereocenters. The first-order valence-electron chi connectivity index (χ1n) is 6.86. The first kappa shape index (κ1) is 14.9. The quantitative estimate of drug-likeness (QED) is 0.685. The number of ether oxygens (including phenoxy) is 1. The molecule has 0 saturated heterocycles. The predicted molar refractivity (Wildman–Crippen MR) is 71.0 cm³/mol. The SMILES string of the molecule is CC(CNCC(O)COCC1CC1)C(C)(C)C. The Kier molecular flexibility index (Phi) is 5.90. The molecule has 0 spiro atoms. The minimum Gasteiger partial charge on any atom is -0.389 e. The second-order valence-corrected chi connectivity index (χ2v) is 6.56. The molecule has 3 nitrogen and oxygen atoms in total. The molecule has 1 aliphatic rings. The van der Waals surface area contributed by atoms with Crippen molar-refractivity contribution in [2.75, 3.05) is 26.3 Å². The fourth-order valence-corrected chi connectivity index (χ4v) is 1.49. The van der Waals surface area contributed by atoms with Crippen molar-refractivity contribution in [2.24, 2.45) is 17.3 Å². The van der Waals surface area contributed by atoms with Gasteiger partial charge in [0.1, 0.15) is 0 Å². The summed E-state index contributed by atoms with van der Waals surface area (Å²) in [6, 6.07) is 0. The molecule has 102 valence electrons. The Morgan fingerprint density at radius 3 is 2.47 bits per heavy atom. The third-order valence-electron chi connectivity index (χ3n) is 3.67. The second kappa shape index (κ2) is 6.72. The van der Waals surface area contributed by atoms with Gasteiger partial charge in [0, 0.05) is 13.2 Å². The van der Waals surface area contributed by atoms with Gasteiger partial charge in [0.05, 0.1) is 12.7 Å². The maximum Gasteiger partial charge on any atom is 0.0897 e. The molecule has 0 aliphatic heterocycles. The lowest BCUT2D eigenvalue weighted by molar-refractivity contribution is 0.0316. The fourth-order valence-electron chi connectivity index (χ4n) is 1.49. The first-order chi connectivity index (χ1) is 7.89. The summed E-state index contributed by atoms with van der Waals surface area (Å²) in [5, 5.41) is 13.0. The van der Waals surface area contributed by atoms with Gasteiger partial charge in [0.15, 0.2) is 0 Å². The minimum absolute atomic E-state index is 0.320. The van der Waals surface area contributed by atoms with Gasteiger partial charge < -0.3 is 15.2 Å². The van der Waals surface area contributed by atoms with Crippen LogP contribution in [-0.2, 0) is 4.74 Å². The van der Waals surface area contributed by atoms with Gasteiger partial charge in [0.25, 0.3) is 0 Å². The first-order valence-corrected chi connectivity index (χ1v) is 6.86. The summed E-state index contributed by atoms with van der Waals surface area (Å²) in [5.74, 6) is 1.37. The van der Waals surface area contributed by atoms with Crippen molar-refractivity contribution in [1.29, 1.82) is 0 Å². The fraction of sp³-hybridized carbons (Fsp3) is 1.00. The molecule has 1 rings (SSSR count). The van der Waals surface area contributed by atoms with Crippen molar-refractivity contribution in [2.45, 2.75) is 46.6 Å². The van der Waals surface area contributed by atoms with E-state index in [9.17, 15) is 5.11 Å². The summed E-state index contributed by atoms with van der Waals surface area (Å²) >= 11 is 0. The summed E-state index contributed by atoms with van der Waals surface area (Å²) in [6.45, 7) is 11.8. The molecular formula is C14H29NO2. The number of hydrogen-bond acceptors (Lipinski definition) is 3. The van der Waals surface area contributed by atoms with Gasteiger partial charge in [-0.05, 0) is 36.6 Å². The second-order valence-electron chi connectivity index (χ2n) is 6.56. The van der Waals surface area contributed by atoms with Crippen LogP contribution in [0.25, 0.3) is 0 Å². The molecule has 1 aliphatic carbocycles. The smallest absolute Gasteiger partial charge is 0.0897 e. The Morgan fingerprint density at radius 1 is 1.29 bits per heavy atom. The van der Waals surface area contributed by atoms with Crippen molar-refractivity contribution in [3.05, 3.63) is 0 Å². The predicted octanol–water partition coefficient (Wildman–Crippen LogP) is 2.05. The zero-order chi connectivity index (χ0) is 12.9. The lowest BCUT2D eigenvalue weighted by Crippen LogP contribution is -2.36. The highest BCUT2D eigenvalue weighted by molar-refractivity contribution is 4.74. The highest BCUT2D eigenvalue weighted by Crippen LogP contribution is 2.28. The largest absolute Gasteiger partial charge is 0.389 e. The number of aliphatic hydroxyl groups is 1. The van der Waals surface area contributed by atoms with Crippen molar-refractivity contribution < 1.29 is 9.84 Å². The number of nitrogens with one attached hydrogen (secondary N) is 1. The van der Waals surface area contributed by atoms with E-state index in [0.29, 0.717) is 24.5 Å². The van der Waals surface area contributed by atoms with Gasteiger partial charge in [-0.2, -0.15) is 0 Å². The molecule has 0 amide bonds. The van der Waals surface area contributed by atoms with E-state index in [1.807, 2.05) is 0 Å². The van der Waals surface area contributed by atoms with Crippen LogP contribution >= 0.6 is 0 Å². The molecule has 0 aromatic rings. The van der Waals surface area contributed by atoms with Gasteiger partial charge in [0.2, 0.25) is 0 Å². The number of aliphatic hydroxyl groups excluding tert-OH is 1. The van der Waals surface area contributed by atoms with Crippen LogP contribution in [0.15, 0.2) is 0 Å². The number of rotatable bonds is 8. The van der Waals surface area contributed by atoms with Gasteiger partial charge in [-0.15, -0.1) is 0 Å². The zero-order valence-corrected chi connectivity index (χ0v) is 11.8. The highest BCUT2D eigenvalue weighted by atomic mass is 16.5. The van der Waals surface area contributed by atoms with Crippen LogP contribution < -0.4 is 5.32 Å². The number of hydrogen-bond donors (Lipinski definition) is 2. The third-order valence-corrected chi connectivity index (χ3v) is 3.67. The molecule has 0 aromatic heterocycles. The molecule has 17 heavy (non-hydrogen) atoms. The molecule has 2 N–H and O–H groups in total. The monoisotopic (exact) mass is 243 g/mol. The Morgan fingerprint density at radius 2 is 1.94 bits per heavy atom. The van der Waals surface area contributed by atoms with E-state index < -0.39 is 0 Å². The van der Waals surface area contributed by atoms with Gasteiger partial charge in [-0.25, -0.2) is 0 Å². The third kappa shape index (κ3) is 7.02. The molecule has 3 heteroatoms. The van der Waals surface area contributed by atoms with E-state index >= 15 is 0 Å². The van der Waals surface area contributed by atoms with E-state index in [2.05, 4.69) is 33.0 Å².